The minimum Gasteiger partial charge on any atom is -0.338 e. The second kappa shape index (κ2) is 2.24. The molecule has 0 fully saturated rings. The van der Waals surface area contributed by atoms with Gasteiger partial charge in [0.1, 0.15) is 5.15 Å². The van der Waals surface area contributed by atoms with Gasteiger partial charge in [-0.3, -0.25) is 0 Å². The molecular formula is C6H7Cl2N. The monoisotopic (exact) mass is 163 g/mol. The zero-order valence-corrected chi connectivity index (χ0v) is 6.79. The lowest BCUT2D eigenvalue weighted by Crippen LogP contribution is -1.88. The van der Waals surface area contributed by atoms with Crippen LogP contribution in [0.2, 0.25) is 10.2 Å². The van der Waals surface area contributed by atoms with Crippen LogP contribution in [-0.2, 0) is 7.05 Å². The van der Waals surface area contributed by atoms with Crippen molar-refractivity contribution in [2.24, 2.45) is 7.05 Å². The molecule has 1 nitrogen and oxygen atoms in total. The van der Waals surface area contributed by atoms with E-state index in [1.54, 1.807) is 0 Å². The molecule has 0 saturated heterocycles. The summed E-state index contributed by atoms with van der Waals surface area (Å²) in [7, 11) is 1.88. The molecule has 0 aliphatic rings. The molecule has 0 amide bonds. The number of rotatable bonds is 0. The highest BCUT2D eigenvalue weighted by Gasteiger charge is 2.03. The first-order chi connectivity index (χ1) is 4.13. The first-order valence-electron chi connectivity index (χ1n) is 2.60. The number of aryl methyl sites for hydroxylation is 1. The first-order valence-corrected chi connectivity index (χ1v) is 3.36. The van der Waals surface area contributed by atoms with E-state index < -0.39 is 0 Å². The Bertz CT molecular complexity index is 205. The van der Waals surface area contributed by atoms with Crippen LogP contribution >= 0.6 is 23.2 Å². The molecule has 0 aliphatic heterocycles. The van der Waals surface area contributed by atoms with E-state index in [1.165, 1.54) is 0 Å². The maximum atomic E-state index is 5.73. The quantitative estimate of drug-likeness (QED) is 0.555. The van der Waals surface area contributed by atoms with E-state index in [-0.39, 0.29) is 0 Å². The van der Waals surface area contributed by atoms with Gasteiger partial charge in [0.2, 0.25) is 0 Å². The van der Waals surface area contributed by atoms with Crippen LogP contribution in [-0.4, -0.2) is 4.57 Å². The van der Waals surface area contributed by atoms with Crippen LogP contribution in [0.4, 0.5) is 0 Å². The van der Waals surface area contributed by atoms with Crippen LogP contribution in [0.25, 0.3) is 0 Å². The highest BCUT2D eigenvalue weighted by Crippen LogP contribution is 2.23. The summed E-state index contributed by atoms with van der Waals surface area (Å²) < 4.78 is 1.84. The van der Waals surface area contributed by atoms with Gasteiger partial charge in [0.05, 0.1) is 5.02 Å². The molecule has 0 aliphatic carbocycles. The zero-order valence-electron chi connectivity index (χ0n) is 5.28. The number of nitrogens with zero attached hydrogens (tertiary/aromatic N) is 1. The maximum Gasteiger partial charge on any atom is 0.127 e. The molecule has 1 aromatic heterocycles. The van der Waals surface area contributed by atoms with Crippen molar-refractivity contribution >= 4 is 23.2 Å². The van der Waals surface area contributed by atoms with Crippen LogP contribution in [0.1, 0.15) is 5.69 Å². The van der Waals surface area contributed by atoms with Gasteiger partial charge >= 0.3 is 0 Å². The van der Waals surface area contributed by atoms with Gasteiger partial charge in [-0.2, -0.15) is 0 Å². The van der Waals surface area contributed by atoms with Crippen LogP contribution in [0.5, 0.6) is 0 Å². The molecule has 1 aromatic rings. The van der Waals surface area contributed by atoms with E-state index in [0.29, 0.717) is 10.2 Å². The summed E-state index contributed by atoms with van der Waals surface area (Å²) >= 11 is 11.4. The molecule has 0 radical (unpaired) electrons. The molecule has 9 heavy (non-hydrogen) atoms. The molecule has 3 heteroatoms. The standard InChI is InChI=1S/C6H7Cl2N/c1-4-3-5(7)6(8)9(4)2/h3H,1-2H3. The van der Waals surface area contributed by atoms with E-state index in [9.17, 15) is 0 Å². The second-order valence-corrected chi connectivity index (χ2v) is 2.75. The van der Waals surface area contributed by atoms with Crippen molar-refractivity contribution in [3.05, 3.63) is 21.9 Å². The van der Waals surface area contributed by atoms with E-state index in [4.69, 9.17) is 23.2 Å². The summed E-state index contributed by atoms with van der Waals surface area (Å²) in [6.45, 7) is 1.96. The van der Waals surface area contributed by atoms with Crippen molar-refractivity contribution in [3.63, 3.8) is 0 Å². The summed E-state index contributed by atoms with van der Waals surface area (Å²) in [5.74, 6) is 0. The van der Waals surface area contributed by atoms with E-state index in [1.807, 2.05) is 24.6 Å². The van der Waals surface area contributed by atoms with Crippen LogP contribution < -0.4 is 0 Å². The summed E-state index contributed by atoms with van der Waals surface area (Å²) in [6, 6.07) is 1.84. The predicted octanol–water partition coefficient (Wildman–Crippen LogP) is 2.64. The van der Waals surface area contributed by atoms with Gasteiger partial charge in [0.15, 0.2) is 0 Å². The predicted molar refractivity (Wildman–Crippen MR) is 40.2 cm³/mol. The summed E-state index contributed by atoms with van der Waals surface area (Å²) in [5.41, 5.74) is 1.07. The molecule has 0 aromatic carbocycles. The number of aromatic nitrogens is 1. The molecular weight excluding hydrogens is 157 g/mol. The lowest BCUT2D eigenvalue weighted by atomic mass is 10.5. The first kappa shape index (κ1) is 6.97. The highest BCUT2D eigenvalue weighted by molar-refractivity contribution is 6.41. The zero-order chi connectivity index (χ0) is 7.02. The Morgan fingerprint density at radius 2 is 2.00 bits per heavy atom. The third kappa shape index (κ3) is 1.07. The van der Waals surface area contributed by atoms with Crippen LogP contribution in [0.15, 0.2) is 6.07 Å². The normalized spacial score (nSPS) is 10.2. The van der Waals surface area contributed by atoms with Crippen molar-refractivity contribution in [1.82, 2.24) is 4.57 Å². The minimum atomic E-state index is 0.606. The Labute approximate surface area is 64.2 Å². The molecule has 0 atom stereocenters. The number of halogens is 2. The summed E-state index contributed by atoms with van der Waals surface area (Å²) in [4.78, 5) is 0. The Morgan fingerprint density at radius 3 is 2.11 bits per heavy atom. The van der Waals surface area contributed by atoms with Gasteiger partial charge < -0.3 is 4.57 Å². The van der Waals surface area contributed by atoms with E-state index in [0.717, 1.165) is 5.69 Å². The smallest absolute Gasteiger partial charge is 0.127 e. The molecule has 0 bridgehead atoms. The molecule has 0 N–H and O–H groups in total. The number of hydrogen-bond acceptors (Lipinski definition) is 0. The fraction of sp³-hybridized carbons (Fsp3) is 0.333. The lowest BCUT2D eigenvalue weighted by molar-refractivity contribution is 0.883. The van der Waals surface area contributed by atoms with Crippen molar-refractivity contribution < 1.29 is 0 Å². The molecule has 0 spiro atoms. The molecule has 1 heterocycles. The average molecular weight is 164 g/mol. The minimum absolute atomic E-state index is 0.606. The molecule has 0 unspecified atom stereocenters. The molecule has 1 rings (SSSR count). The third-order valence-electron chi connectivity index (χ3n) is 1.36. The fourth-order valence-electron chi connectivity index (χ4n) is 0.655. The summed E-state index contributed by atoms with van der Waals surface area (Å²) in [6.07, 6.45) is 0. The molecule has 50 valence electrons. The number of hydrogen-bond donors (Lipinski definition) is 0. The van der Waals surface area contributed by atoms with Gasteiger partial charge in [-0.25, -0.2) is 0 Å². The van der Waals surface area contributed by atoms with Crippen LogP contribution in [0.3, 0.4) is 0 Å². The topological polar surface area (TPSA) is 4.93 Å². The Hall–Kier alpha value is -0.140. The fourth-order valence-corrected chi connectivity index (χ4v) is 1.13. The van der Waals surface area contributed by atoms with Crippen molar-refractivity contribution in [3.8, 4) is 0 Å². The Morgan fingerprint density at radius 1 is 1.44 bits per heavy atom. The average Bonchev–Trinajstić information content (AvgIpc) is 1.98. The van der Waals surface area contributed by atoms with Gasteiger partial charge in [-0.05, 0) is 13.0 Å². The Balaban J connectivity index is 3.29. The molecule has 0 saturated carbocycles. The van der Waals surface area contributed by atoms with Gasteiger partial charge in [0.25, 0.3) is 0 Å². The Kier molecular flexibility index (Phi) is 1.73. The second-order valence-electron chi connectivity index (χ2n) is 1.98. The highest BCUT2D eigenvalue weighted by atomic mass is 35.5. The summed E-state index contributed by atoms with van der Waals surface area (Å²) in [5, 5.41) is 1.23. The lowest BCUT2D eigenvalue weighted by Gasteiger charge is -1.94. The van der Waals surface area contributed by atoms with Gasteiger partial charge in [-0.15, -0.1) is 0 Å². The third-order valence-corrected chi connectivity index (χ3v) is 2.20. The van der Waals surface area contributed by atoms with Gasteiger partial charge in [0, 0.05) is 12.7 Å². The van der Waals surface area contributed by atoms with Crippen molar-refractivity contribution in [2.45, 2.75) is 6.92 Å². The van der Waals surface area contributed by atoms with Crippen LogP contribution in [0, 0.1) is 6.92 Å². The van der Waals surface area contributed by atoms with E-state index in [2.05, 4.69) is 0 Å². The van der Waals surface area contributed by atoms with Crippen molar-refractivity contribution in [1.29, 1.82) is 0 Å². The largest absolute Gasteiger partial charge is 0.338 e. The SMILES string of the molecule is Cc1cc(Cl)c(Cl)n1C. The maximum absolute atomic E-state index is 5.73. The van der Waals surface area contributed by atoms with Gasteiger partial charge in [-0.1, -0.05) is 23.2 Å². The van der Waals surface area contributed by atoms with E-state index >= 15 is 0 Å². The van der Waals surface area contributed by atoms with Crippen molar-refractivity contribution in [2.75, 3.05) is 0 Å².